The Morgan fingerprint density at radius 2 is 1.82 bits per heavy atom. The van der Waals surface area contributed by atoms with E-state index in [9.17, 15) is 9.59 Å². The average molecular weight is 237 g/mol. The summed E-state index contributed by atoms with van der Waals surface area (Å²) in [7, 11) is 1.56. The van der Waals surface area contributed by atoms with Crippen molar-refractivity contribution in [3.63, 3.8) is 0 Å². The van der Waals surface area contributed by atoms with Gasteiger partial charge in [0.1, 0.15) is 0 Å². The standard InChI is InChI=1S/C12H15NO4/c1-13(7-6-11(15)16)12(17)10-4-2-9(8-14)3-5-10/h2-5,14H,6-8H2,1H3,(H,15,16). The molecule has 0 saturated carbocycles. The van der Waals surface area contributed by atoms with E-state index in [0.717, 1.165) is 5.56 Å². The Kier molecular flexibility index (Phi) is 4.66. The number of aliphatic hydroxyl groups excluding tert-OH is 1. The number of amides is 1. The number of aliphatic hydroxyl groups is 1. The van der Waals surface area contributed by atoms with Gasteiger partial charge in [0, 0.05) is 19.2 Å². The van der Waals surface area contributed by atoms with Gasteiger partial charge in [-0.05, 0) is 17.7 Å². The zero-order chi connectivity index (χ0) is 12.8. The highest BCUT2D eigenvalue weighted by atomic mass is 16.4. The van der Waals surface area contributed by atoms with Crippen molar-refractivity contribution in [2.45, 2.75) is 13.0 Å². The van der Waals surface area contributed by atoms with Crippen LogP contribution in [0.4, 0.5) is 0 Å². The van der Waals surface area contributed by atoms with Gasteiger partial charge in [-0.1, -0.05) is 12.1 Å². The maximum atomic E-state index is 11.8. The number of benzene rings is 1. The number of hydrogen-bond acceptors (Lipinski definition) is 3. The zero-order valence-electron chi connectivity index (χ0n) is 9.59. The van der Waals surface area contributed by atoms with Crippen molar-refractivity contribution >= 4 is 11.9 Å². The molecule has 0 aliphatic carbocycles. The molecule has 0 heterocycles. The van der Waals surface area contributed by atoms with E-state index in [4.69, 9.17) is 10.2 Å². The summed E-state index contributed by atoms with van der Waals surface area (Å²) in [6, 6.07) is 6.56. The van der Waals surface area contributed by atoms with Crippen LogP contribution in [0.3, 0.4) is 0 Å². The van der Waals surface area contributed by atoms with Crippen LogP contribution in [0.15, 0.2) is 24.3 Å². The molecule has 2 N–H and O–H groups in total. The van der Waals surface area contributed by atoms with Crippen LogP contribution in [-0.4, -0.2) is 40.6 Å². The van der Waals surface area contributed by atoms with Crippen molar-refractivity contribution in [3.05, 3.63) is 35.4 Å². The molecular formula is C12H15NO4. The molecule has 17 heavy (non-hydrogen) atoms. The minimum Gasteiger partial charge on any atom is -0.481 e. The number of carboxylic acid groups (broad SMARTS) is 1. The molecule has 0 radical (unpaired) electrons. The predicted molar refractivity (Wildman–Crippen MR) is 61.6 cm³/mol. The number of hydrogen-bond donors (Lipinski definition) is 2. The third-order valence-electron chi connectivity index (χ3n) is 2.39. The summed E-state index contributed by atoms with van der Waals surface area (Å²) >= 11 is 0. The van der Waals surface area contributed by atoms with Gasteiger partial charge in [-0.3, -0.25) is 9.59 Å². The first-order chi connectivity index (χ1) is 8.04. The van der Waals surface area contributed by atoms with Crippen LogP contribution in [0.5, 0.6) is 0 Å². The molecule has 0 bridgehead atoms. The Hall–Kier alpha value is -1.88. The topological polar surface area (TPSA) is 77.8 Å². The lowest BCUT2D eigenvalue weighted by molar-refractivity contribution is -0.137. The third-order valence-corrected chi connectivity index (χ3v) is 2.39. The number of carboxylic acids is 1. The summed E-state index contributed by atoms with van der Waals surface area (Å²) in [5, 5.41) is 17.4. The third kappa shape index (κ3) is 3.88. The first kappa shape index (κ1) is 13.2. The Balaban J connectivity index is 2.64. The van der Waals surface area contributed by atoms with E-state index in [0.29, 0.717) is 5.56 Å². The SMILES string of the molecule is CN(CCC(=O)O)C(=O)c1ccc(CO)cc1. The highest BCUT2D eigenvalue weighted by molar-refractivity contribution is 5.94. The van der Waals surface area contributed by atoms with E-state index < -0.39 is 5.97 Å². The summed E-state index contributed by atoms with van der Waals surface area (Å²) in [6.45, 7) is 0.110. The number of rotatable bonds is 5. The van der Waals surface area contributed by atoms with Crippen molar-refractivity contribution in [3.8, 4) is 0 Å². The highest BCUT2D eigenvalue weighted by Gasteiger charge is 2.12. The van der Waals surface area contributed by atoms with Crippen molar-refractivity contribution in [2.24, 2.45) is 0 Å². The molecule has 0 unspecified atom stereocenters. The first-order valence-corrected chi connectivity index (χ1v) is 5.21. The van der Waals surface area contributed by atoms with Gasteiger partial charge < -0.3 is 15.1 Å². The fourth-order valence-corrected chi connectivity index (χ4v) is 1.34. The van der Waals surface area contributed by atoms with Gasteiger partial charge >= 0.3 is 5.97 Å². The molecule has 0 fully saturated rings. The fraction of sp³-hybridized carbons (Fsp3) is 0.333. The molecule has 1 amide bonds. The molecule has 0 saturated heterocycles. The normalized spacial score (nSPS) is 10.0. The Bertz CT molecular complexity index is 399. The predicted octanol–water partition coefficient (Wildman–Crippen LogP) is 0.726. The van der Waals surface area contributed by atoms with Crippen molar-refractivity contribution in [1.29, 1.82) is 0 Å². The molecule has 0 atom stereocenters. The molecule has 5 heteroatoms. The molecule has 0 aromatic heterocycles. The van der Waals surface area contributed by atoms with Gasteiger partial charge in [0.05, 0.1) is 13.0 Å². The summed E-state index contributed by atoms with van der Waals surface area (Å²) < 4.78 is 0. The van der Waals surface area contributed by atoms with Crippen molar-refractivity contribution in [1.82, 2.24) is 4.90 Å². The molecule has 1 aromatic rings. The van der Waals surface area contributed by atoms with Crippen LogP contribution in [0.2, 0.25) is 0 Å². The Morgan fingerprint density at radius 3 is 2.29 bits per heavy atom. The molecule has 0 spiro atoms. The van der Waals surface area contributed by atoms with Crippen LogP contribution >= 0.6 is 0 Å². The molecule has 0 aliphatic heterocycles. The maximum absolute atomic E-state index is 11.8. The smallest absolute Gasteiger partial charge is 0.305 e. The maximum Gasteiger partial charge on any atom is 0.305 e. The molecule has 1 rings (SSSR count). The van der Waals surface area contributed by atoms with Crippen LogP contribution in [0.1, 0.15) is 22.3 Å². The van der Waals surface area contributed by atoms with E-state index >= 15 is 0 Å². The van der Waals surface area contributed by atoms with E-state index in [1.807, 2.05) is 0 Å². The largest absolute Gasteiger partial charge is 0.481 e. The molecule has 92 valence electrons. The zero-order valence-corrected chi connectivity index (χ0v) is 9.59. The number of carbonyl (C=O) groups is 2. The van der Waals surface area contributed by atoms with Crippen molar-refractivity contribution < 1.29 is 19.8 Å². The minimum atomic E-state index is -0.930. The van der Waals surface area contributed by atoms with Crippen LogP contribution in [0.25, 0.3) is 0 Å². The molecule has 1 aromatic carbocycles. The van der Waals surface area contributed by atoms with Gasteiger partial charge in [0.2, 0.25) is 0 Å². The van der Waals surface area contributed by atoms with E-state index in [-0.39, 0.29) is 25.5 Å². The summed E-state index contributed by atoms with van der Waals surface area (Å²) in [4.78, 5) is 23.6. The van der Waals surface area contributed by atoms with Crippen molar-refractivity contribution in [2.75, 3.05) is 13.6 Å². The van der Waals surface area contributed by atoms with Gasteiger partial charge in [0.15, 0.2) is 0 Å². The van der Waals surface area contributed by atoms with E-state index in [1.165, 1.54) is 4.90 Å². The molecule has 0 aliphatic rings. The lowest BCUT2D eigenvalue weighted by Gasteiger charge is -2.16. The number of nitrogens with zero attached hydrogens (tertiary/aromatic N) is 1. The number of carbonyl (C=O) groups excluding carboxylic acids is 1. The second kappa shape index (κ2) is 6.00. The minimum absolute atomic E-state index is 0.0661. The van der Waals surface area contributed by atoms with E-state index in [1.54, 1.807) is 31.3 Å². The lowest BCUT2D eigenvalue weighted by Crippen LogP contribution is -2.29. The number of aliphatic carboxylic acids is 1. The summed E-state index contributed by atoms with van der Waals surface area (Å²) in [5.41, 5.74) is 1.21. The molecule has 5 nitrogen and oxygen atoms in total. The second-order valence-electron chi connectivity index (χ2n) is 3.73. The quantitative estimate of drug-likeness (QED) is 0.791. The van der Waals surface area contributed by atoms with Gasteiger partial charge in [0.25, 0.3) is 5.91 Å². The molecular weight excluding hydrogens is 222 g/mol. The highest BCUT2D eigenvalue weighted by Crippen LogP contribution is 2.07. The van der Waals surface area contributed by atoms with Crippen LogP contribution in [-0.2, 0) is 11.4 Å². The van der Waals surface area contributed by atoms with E-state index in [2.05, 4.69) is 0 Å². The lowest BCUT2D eigenvalue weighted by atomic mass is 10.1. The van der Waals surface area contributed by atoms with Gasteiger partial charge in [-0.25, -0.2) is 0 Å². The summed E-state index contributed by atoms with van der Waals surface area (Å²) in [6.07, 6.45) is -0.0725. The Labute approximate surface area is 99.3 Å². The second-order valence-corrected chi connectivity index (χ2v) is 3.73. The first-order valence-electron chi connectivity index (χ1n) is 5.21. The van der Waals surface area contributed by atoms with Crippen LogP contribution < -0.4 is 0 Å². The Morgan fingerprint density at radius 1 is 1.24 bits per heavy atom. The fourth-order valence-electron chi connectivity index (χ4n) is 1.34. The summed E-state index contributed by atoms with van der Waals surface area (Å²) in [5.74, 6) is -1.16. The van der Waals surface area contributed by atoms with Gasteiger partial charge in [-0.2, -0.15) is 0 Å². The van der Waals surface area contributed by atoms with Gasteiger partial charge in [-0.15, -0.1) is 0 Å². The van der Waals surface area contributed by atoms with Crippen LogP contribution in [0, 0.1) is 0 Å². The average Bonchev–Trinajstić information content (AvgIpc) is 2.35. The monoisotopic (exact) mass is 237 g/mol.